The normalized spacial score (nSPS) is 11.0. The minimum Gasteiger partial charge on any atom is -0.449 e. The van der Waals surface area contributed by atoms with Gasteiger partial charge in [0, 0.05) is 12.7 Å². The third-order valence-electron chi connectivity index (χ3n) is 4.37. The van der Waals surface area contributed by atoms with E-state index in [1.54, 1.807) is 42.5 Å². The number of carbonyl (C=O) groups excluding carboxylic acids is 3. The maximum absolute atomic E-state index is 12.9. The summed E-state index contributed by atoms with van der Waals surface area (Å²) in [7, 11) is 1.39. The first-order chi connectivity index (χ1) is 14.8. The lowest BCUT2D eigenvalue weighted by atomic mass is 10.1. The lowest BCUT2D eigenvalue weighted by Gasteiger charge is -2.22. The largest absolute Gasteiger partial charge is 0.449 e. The van der Waals surface area contributed by atoms with Crippen molar-refractivity contribution in [2.24, 2.45) is 0 Å². The summed E-state index contributed by atoms with van der Waals surface area (Å²) in [6.45, 7) is 1.04. The first-order valence-electron chi connectivity index (χ1n) is 9.36. The highest BCUT2D eigenvalue weighted by atomic mass is 19.1. The van der Waals surface area contributed by atoms with Crippen molar-refractivity contribution in [2.45, 2.75) is 26.0 Å². The van der Waals surface area contributed by atoms with Gasteiger partial charge in [0.25, 0.3) is 0 Å². The lowest BCUT2D eigenvalue weighted by Crippen LogP contribution is -2.41. The summed E-state index contributed by atoms with van der Waals surface area (Å²) >= 11 is 0. The molecule has 0 aliphatic carbocycles. The van der Waals surface area contributed by atoms with Gasteiger partial charge in [-0.1, -0.05) is 24.3 Å². The van der Waals surface area contributed by atoms with E-state index in [1.165, 1.54) is 26.1 Å². The van der Waals surface area contributed by atoms with Crippen LogP contribution < -0.4 is 5.32 Å². The smallest absolute Gasteiger partial charge is 0.410 e. The van der Waals surface area contributed by atoms with Crippen molar-refractivity contribution < 1.29 is 28.2 Å². The molecule has 0 spiro atoms. The van der Waals surface area contributed by atoms with Crippen molar-refractivity contribution in [2.75, 3.05) is 19.0 Å². The van der Waals surface area contributed by atoms with Crippen molar-refractivity contribution >= 4 is 23.7 Å². The number of carbonyl (C=O) groups is 3. The standard InChI is InChI=1S/C22H22FN3O5/c1-15(21(28)30-12-11-24)26(2)22(29)31-14-17-5-9-19(10-6-17)25-20(27)13-16-3-7-18(23)8-4-16/h3-10,15H,12-14H2,1-2H3,(H,25,27)/t15-/m0/s1. The predicted molar refractivity (Wildman–Crippen MR) is 109 cm³/mol. The quantitative estimate of drug-likeness (QED) is 0.649. The van der Waals surface area contributed by atoms with Crippen LogP contribution in [0.3, 0.4) is 0 Å². The second-order valence-corrected chi connectivity index (χ2v) is 6.66. The Morgan fingerprint density at radius 2 is 1.68 bits per heavy atom. The van der Waals surface area contributed by atoms with Crippen LogP contribution in [0, 0.1) is 17.1 Å². The number of likely N-dealkylation sites (N-methyl/N-ethyl adjacent to an activating group) is 1. The van der Waals surface area contributed by atoms with Crippen molar-refractivity contribution in [1.82, 2.24) is 4.90 Å². The number of ether oxygens (including phenoxy) is 2. The van der Waals surface area contributed by atoms with Gasteiger partial charge < -0.3 is 14.8 Å². The molecule has 0 unspecified atom stereocenters. The number of hydrogen-bond donors (Lipinski definition) is 1. The van der Waals surface area contributed by atoms with Crippen LogP contribution in [0.15, 0.2) is 48.5 Å². The maximum atomic E-state index is 12.9. The molecule has 31 heavy (non-hydrogen) atoms. The van der Waals surface area contributed by atoms with Gasteiger partial charge in [0.05, 0.1) is 6.42 Å². The number of halogens is 1. The summed E-state index contributed by atoms with van der Waals surface area (Å²) < 4.78 is 22.8. The highest BCUT2D eigenvalue weighted by Crippen LogP contribution is 2.13. The number of esters is 1. The van der Waals surface area contributed by atoms with Crippen LogP contribution in [0.25, 0.3) is 0 Å². The predicted octanol–water partition coefficient (Wildman–Crippen LogP) is 3.03. The molecule has 2 aromatic rings. The number of amides is 2. The molecule has 162 valence electrons. The second-order valence-electron chi connectivity index (χ2n) is 6.66. The molecule has 0 fully saturated rings. The Hall–Kier alpha value is -3.93. The number of nitriles is 1. The van der Waals surface area contributed by atoms with E-state index in [2.05, 4.69) is 10.1 Å². The number of rotatable bonds is 8. The fourth-order valence-electron chi connectivity index (χ4n) is 2.46. The number of benzene rings is 2. The van der Waals surface area contributed by atoms with E-state index in [1.807, 2.05) is 0 Å². The van der Waals surface area contributed by atoms with E-state index in [4.69, 9.17) is 10.00 Å². The summed E-state index contributed by atoms with van der Waals surface area (Å²) in [6, 6.07) is 13.2. The Bertz CT molecular complexity index is 955. The zero-order chi connectivity index (χ0) is 22.8. The molecule has 0 aliphatic rings. The van der Waals surface area contributed by atoms with Crippen LogP contribution >= 0.6 is 0 Å². The Morgan fingerprint density at radius 3 is 2.29 bits per heavy atom. The van der Waals surface area contributed by atoms with Crippen molar-refractivity contribution in [1.29, 1.82) is 5.26 Å². The van der Waals surface area contributed by atoms with E-state index in [-0.39, 0.29) is 24.8 Å². The van der Waals surface area contributed by atoms with E-state index >= 15 is 0 Å². The van der Waals surface area contributed by atoms with Gasteiger partial charge >= 0.3 is 12.1 Å². The molecule has 0 saturated heterocycles. The first-order valence-corrected chi connectivity index (χ1v) is 9.36. The maximum Gasteiger partial charge on any atom is 0.410 e. The van der Waals surface area contributed by atoms with Gasteiger partial charge in [0.2, 0.25) is 5.91 Å². The highest BCUT2D eigenvalue weighted by Gasteiger charge is 2.24. The Kier molecular flexibility index (Phi) is 8.52. The van der Waals surface area contributed by atoms with E-state index in [0.29, 0.717) is 16.8 Å². The first kappa shape index (κ1) is 23.3. The summed E-state index contributed by atoms with van der Waals surface area (Å²) in [6.07, 6.45) is -0.612. The van der Waals surface area contributed by atoms with E-state index in [9.17, 15) is 18.8 Å². The molecule has 2 amide bonds. The van der Waals surface area contributed by atoms with Crippen LogP contribution in [0.5, 0.6) is 0 Å². The van der Waals surface area contributed by atoms with Crippen LogP contribution in [0.1, 0.15) is 18.1 Å². The molecule has 1 N–H and O–H groups in total. The third-order valence-corrected chi connectivity index (χ3v) is 4.37. The molecule has 0 saturated carbocycles. The summed E-state index contributed by atoms with van der Waals surface area (Å²) in [5.74, 6) is -1.31. The van der Waals surface area contributed by atoms with E-state index in [0.717, 1.165) is 4.90 Å². The zero-order valence-corrected chi connectivity index (χ0v) is 17.1. The van der Waals surface area contributed by atoms with Gasteiger partial charge in [0.1, 0.15) is 24.5 Å². The van der Waals surface area contributed by atoms with Crippen molar-refractivity contribution in [3.8, 4) is 6.07 Å². The van der Waals surface area contributed by atoms with Crippen molar-refractivity contribution in [3.05, 3.63) is 65.5 Å². The molecule has 0 bridgehead atoms. The Balaban J connectivity index is 1.81. The molecule has 0 heterocycles. The van der Waals surface area contributed by atoms with Crippen LogP contribution in [-0.2, 0) is 32.1 Å². The molecule has 0 aliphatic heterocycles. The fraction of sp³-hybridized carbons (Fsp3) is 0.273. The number of nitrogens with one attached hydrogen (secondary N) is 1. The summed E-state index contributed by atoms with van der Waals surface area (Å²) in [5, 5.41) is 11.2. The van der Waals surface area contributed by atoms with Crippen molar-refractivity contribution in [3.63, 3.8) is 0 Å². The van der Waals surface area contributed by atoms with Crippen LogP contribution in [0.4, 0.5) is 14.9 Å². The van der Waals surface area contributed by atoms with Crippen LogP contribution in [-0.4, -0.2) is 42.6 Å². The molecular formula is C22H22FN3O5. The fourth-order valence-corrected chi connectivity index (χ4v) is 2.46. The molecule has 8 nitrogen and oxygen atoms in total. The molecule has 9 heteroatoms. The number of anilines is 1. The van der Waals surface area contributed by atoms with Gasteiger partial charge in [-0.05, 0) is 42.3 Å². The van der Waals surface area contributed by atoms with Gasteiger partial charge in [-0.25, -0.2) is 14.0 Å². The van der Waals surface area contributed by atoms with Gasteiger partial charge in [-0.3, -0.25) is 9.69 Å². The Morgan fingerprint density at radius 1 is 1.06 bits per heavy atom. The Labute approximate surface area is 179 Å². The topological polar surface area (TPSA) is 109 Å². The van der Waals surface area contributed by atoms with Gasteiger partial charge in [-0.2, -0.15) is 5.26 Å². The zero-order valence-electron chi connectivity index (χ0n) is 17.1. The lowest BCUT2D eigenvalue weighted by molar-refractivity contribution is -0.147. The average Bonchev–Trinajstić information content (AvgIpc) is 2.77. The minimum atomic E-state index is -0.903. The van der Waals surface area contributed by atoms with E-state index < -0.39 is 24.7 Å². The second kappa shape index (κ2) is 11.3. The molecule has 1 atom stereocenters. The molecule has 0 radical (unpaired) electrons. The average molecular weight is 427 g/mol. The minimum absolute atomic E-state index is 0.0348. The van der Waals surface area contributed by atoms with Gasteiger partial charge in [0.15, 0.2) is 6.61 Å². The molecule has 2 rings (SSSR count). The monoisotopic (exact) mass is 427 g/mol. The molecule has 0 aromatic heterocycles. The van der Waals surface area contributed by atoms with Crippen LogP contribution in [0.2, 0.25) is 0 Å². The SMILES string of the molecule is C[C@@H](C(=O)OCC#N)N(C)C(=O)OCc1ccc(NC(=O)Cc2ccc(F)cc2)cc1. The highest BCUT2D eigenvalue weighted by molar-refractivity contribution is 5.92. The summed E-state index contributed by atoms with van der Waals surface area (Å²) in [5.41, 5.74) is 1.93. The molecule has 2 aromatic carbocycles. The van der Waals surface area contributed by atoms with Gasteiger partial charge in [-0.15, -0.1) is 0 Å². The summed E-state index contributed by atoms with van der Waals surface area (Å²) in [4.78, 5) is 37.0. The number of nitrogens with zero attached hydrogens (tertiary/aromatic N) is 2. The third kappa shape index (κ3) is 7.44. The molecular weight excluding hydrogens is 405 g/mol. The number of hydrogen-bond acceptors (Lipinski definition) is 6.